The molecule has 0 radical (unpaired) electrons. The summed E-state index contributed by atoms with van der Waals surface area (Å²) in [7, 11) is 2.16. The minimum absolute atomic E-state index is 0.560. The Labute approximate surface area is 114 Å². The molecule has 0 bridgehead atoms. The third kappa shape index (κ3) is 2.10. The molecule has 0 spiro atoms. The van der Waals surface area contributed by atoms with Crippen molar-refractivity contribution in [2.75, 3.05) is 25.9 Å². The molecule has 18 heavy (non-hydrogen) atoms. The van der Waals surface area contributed by atoms with Gasteiger partial charge in [0.1, 0.15) is 5.52 Å². The zero-order chi connectivity index (χ0) is 12.7. The number of nitrogens with two attached hydrogens (primary N) is 1. The Balaban J connectivity index is 1.93. The summed E-state index contributed by atoms with van der Waals surface area (Å²) >= 11 is 3.40. The minimum atomic E-state index is 0.560. The van der Waals surface area contributed by atoms with Crippen LogP contribution in [-0.4, -0.2) is 39.6 Å². The number of halogens is 1. The number of rotatable bonds is 2. The van der Waals surface area contributed by atoms with Crippen molar-refractivity contribution >= 4 is 33.0 Å². The van der Waals surface area contributed by atoms with Crippen LogP contribution in [0.25, 0.3) is 11.2 Å². The largest absolute Gasteiger partial charge is 0.369 e. The van der Waals surface area contributed by atoms with Crippen molar-refractivity contribution in [1.82, 2.24) is 19.4 Å². The fourth-order valence-corrected chi connectivity index (χ4v) is 2.94. The van der Waals surface area contributed by atoms with Gasteiger partial charge < -0.3 is 10.6 Å². The highest BCUT2D eigenvalue weighted by molar-refractivity contribution is 9.10. The molecule has 1 aliphatic rings. The van der Waals surface area contributed by atoms with Gasteiger partial charge in [0.25, 0.3) is 0 Å². The van der Waals surface area contributed by atoms with E-state index in [0.717, 1.165) is 35.3 Å². The van der Waals surface area contributed by atoms with Gasteiger partial charge in [-0.1, -0.05) is 0 Å². The summed E-state index contributed by atoms with van der Waals surface area (Å²) < 4.78 is 2.96. The van der Waals surface area contributed by atoms with E-state index in [1.165, 1.54) is 6.42 Å². The first-order valence-electron chi connectivity index (χ1n) is 6.09. The standard InChI is InChI=1S/C12H16BrN5/c1-17-3-2-8(6-17)7-18-11-10(16-12(18)14)4-9(13)5-15-11/h4-5,8H,2-3,6-7H2,1H3,(H2,14,16). The molecule has 1 unspecified atom stereocenters. The van der Waals surface area contributed by atoms with Crippen molar-refractivity contribution in [3.05, 3.63) is 16.7 Å². The van der Waals surface area contributed by atoms with Crippen molar-refractivity contribution in [1.29, 1.82) is 0 Å². The topological polar surface area (TPSA) is 60.0 Å². The number of fused-ring (bicyclic) bond motifs is 1. The monoisotopic (exact) mass is 309 g/mol. The van der Waals surface area contributed by atoms with Crippen molar-refractivity contribution in [3.8, 4) is 0 Å². The lowest BCUT2D eigenvalue weighted by atomic mass is 10.1. The van der Waals surface area contributed by atoms with Gasteiger partial charge in [-0.15, -0.1) is 0 Å². The van der Waals surface area contributed by atoms with Gasteiger partial charge in [-0.05, 0) is 47.9 Å². The van der Waals surface area contributed by atoms with Crippen molar-refractivity contribution in [2.24, 2.45) is 5.92 Å². The van der Waals surface area contributed by atoms with Crippen LogP contribution in [0, 0.1) is 5.92 Å². The molecule has 1 fully saturated rings. The van der Waals surface area contributed by atoms with Crippen LogP contribution in [0.2, 0.25) is 0 Å². The summed E-state index contributed by atoms with van der Waals surface area (Å²) in [6.07, 6.45) is 3.01. The highest BCUT2D eigenvalue weighted by Crippen LogP contribution is 2.23. The van der Waals surface area contributed by atoms with Crippen LogP contribution in [0.4, 0.5) is 5.95 Å². The Hall–Kier alpha value is -1.14. The first-order chi connectivity index (χ1) is 8.63. The summed E-state index contributed by atoms with van der Waals surface area (Å²) in [4.78, 5) is 11.1. The Bertz CT molecular complexity index is 579. The van der Waals surface area contributed by atoms with Crippen LogP contribution in [0.3, 0.4) is 0 Å². The maximum atomic E-state index is 6.00. The summed E-state index contributed by atoms with van der Waals surface area (Å²) in [6.45, 7) is 3.19. The number of anilines is 1. The van der Waals surface area contributed by atoms with Gasteiger partial charge in [-0.2, -0.15) is 0 Å². The van der Waals surface area contributed by atoms with Gasteiger partial charge >= 0.3 is 0 Å². The average Bonchev–Trinajstić information content (AvgIpc) is 2.84. The van der Waals surface area contributed by atoms with Crippen molar-refractivity contribution < 1.29 is 0 Å². The van der Waals surface area contributed by atoms with E-state index in [4.69, 9.17) is 5.73 Å². The zero-order valence-electron chi connectivity index (χ0n) is 10.3. The molecule has 1 aliphatic heterocycles. The first-order valence-corrected chi connectivity index (χ1v) is 6.88. The van der Waals surface area contributed by atoms with E-state index in [1.807, 2.05) is 10.6 Å². The molecule has 0 aliphatic carbocycles. The quantitative estimate of drug-likeness (QED) is 0.918. The SMILES string of the molecule is CN1CCC(Cn2c(N)nc3cc(Br)cnc32)C1. The van der Waals surface area contributed by atoms with Crippen LogP contribution >= 0.6 is 15.9 Å². The van der Waals surface area contributed by atoms with Gasteiger partial charge in [0.2, 0.25) is 5.95 Å². The van der Waals surface area contributed by atoms with Crippen LogP contribution in [0.5, 0.6) is 0 Å². The molecule has 2 aromatic heterocycles. The molecule has 0 aromatic carbocycles. The van der Waals surface area contributed by atoms with Gasteiger partial charge in [-0.3, -0.25) is 4.57 Å². The van der Waals surface area contributed by atoms with Gasteiger partial charge in [-0.25, -0.2) is 9.97 Å². The number of nitrogens with zero attached hydrogens (tertiary/aromatic N) is 4. The second kappa shape index (κ2) is 4.51. The van der Waals surface area contributed by atoms with E-state index >= 15 is 0 Å². The van der Waals surface area contributed by atoms with Gasteiger partial charge in [0, 0.05) is 23.8 Å². The van der Waals surface area contributed by atoms with E-state index in [-0.39, 0.29) is 0 Å². The Morgan fingerprint density at radius 1 is 1.56 bits per heavy atom. The van der Waals surface area contributed by atoms with E-state index in [2.05, 4.69) is 37.8 Å². The molecule has 5 nitrogen and oxygen atoms in total. The predicted octanol–water partition coefficient (Wildman–Crippen LogP) is 1.73. The molecule has 6 heteroatoms. The number of pyridine rings is 1. The minimum Gasteiger partial charge on any atom is -0.369 e. The molecule has 0 amide bonds. The number of likely N-dealkylation sites (tertiary alicyclic amines) is 1. The van der Waals surface area contributed by atoms with E-state index in [1.54, 1.807) is 6.20 Å². The number of nitrogen functional groups attached to an aromatic ring is 1. The molecule has 96 valence electrons. The second-order valence-electron chi connectivity index (χ2n) is 4.99. The lowest BCUT2D eigenvalue weighted by Crippen LogP contribution is -2.18. The van der Waals surface area contributed by atoms with E-state index < -0.39 is 0 Å². The summed E-state index contributed by atoms with van der Waals surface area (Å²) in [6, 6.07) is 1.95. The highest BCUT2D eigenvalue weighted by atomic mass is 79.9. The number of hydrogen-bond acceptors (Lipinski definition) is 4. The molecule has 1 atom stereocenters. The van der Waals surface area contributed by atoms with Crippen molar-refractivity contribution in [2.45, 2.75) is 13.0 Å². The maximum absolute atomic E-state index is 6.00. The molecule has 1 saturated heterocycles. The molecular formula is C12H16BrN5. The smallest absolute Gasteiger partial charge is 0.202 e. The molecule has 2 N–H and O–H groups in total. The second-order valence-corrected chi connectivity index (χ2v) is 5.91. The molecular weight excluding hydrogens is 294 g/mol. The molecule has 2 aromatic rings. The summed E-state index contributed by atoms with van der Waals surface area (Å²) in [5, 5.41) is 0. The van der Waals surface area contributed by atoms with E-state index in [9.17, 15) is 0 Å². The normalized spacial score (nSPS) is 20.9. The zero-order valence-corrected chi connectivity index (χ0v) is 11.9. The van der Waals surface area contributed by atoms with Gasteiger partial charge in [0.05, 0.1) is 0 Å². The highest BCUT2D eigenvalue weighted by Gasteiger charge is 2.22. The van der Waals surface area contributed by atoms with Crippen LogP contribution < -0.4 is 5.73 Å². The number of aromatic nitrogens is 3. The fraction of sp³-hybridized carbons (Fsp3) is 0.500. The summed E-state index contributed by atoms with van der Waals surface area (Å²) in [5.41, 5.74) is 7.73. The lowest BCUT2D eigenvalue weighted by molar-refractivity contribution is 0.380. The predicted molar refractivity (Wildman–Crippen MR) is 75.2 cm³/mol. The van der Waals surface area contributed by atoms with Crippen LogP contribution in [0.15, 0.2) is 16.7 Å². The number of imidazole rings is 1. The lowest BCUT2D eigenvalue weighted by Gasteiger charge is -2.12. The maximum Gasteiger partial charge on any atom is 0.202 e. The fourth-order valence-electron chi connectivity index (χ4n) is 2.62. The van der Waals surface area contributed by atoms with Gasteiger partial charge in [0.15, 0.2) is 5.65 Å². The average molecular weight is 310 g/mol. The Kier molecular flexibility index (Phi) is 2.99. The molecule has 3 rings (SSSR count). The third-order valence-electron chi connectivity index (χ3n) is 3.51. The Morgan fingerprint density at radius 2 is 2.39 bits per heavy atom. The molecule has 3 heterocycles. The Morgan fingerprint density at radius 3 is 3.11 bits per heavy atom. The molecule has 0 saturated carbocycles. The van der Waals surface area contributed by atoms with E-state index in [0.29, 0.717) is 11.9 Å². The third-order valence-corrected chi connectivity index (χ3v) is 3.94. The first kappa shape index (κ1) is 11.9. The van der Waals surface area contributed by atoms with Crippen LogP contribution in [0.1, 0.15) is 6.42 Å². The van der Waals surface area contributed by atoms with Crippen molar-refractivity contribution in [3.63, 3.8) is 0 Å². The number of hydrogen-bond donors (Lipinski definition) is 1. The summed E-state index contributed by atoms with van der Waals surface area (Å²) in [5.74, 6) is 1.20. The van der Waals surface area contributed by atoms with Crippen LogP contribution in [-0.2, 0) is 6.54 Å².